The quantitative estimate of drug-likeness (QED) is 0.678. The molecule has 150 valence electrons. The molecule has 0 bridgehead atoms. The summed E-state index contributed by atoms with van der Waals surface area (Å²) in [5.74, 6) is -0.758. The predicted octanol–water partition coefficient (Wildman–Crippen LogP) is 1.65. The van der Waals surface area contributed by atoms with Gasteiger partial charge >= 0.3 is 5.76 Å². The lowest BCUT2D eigenvalue weighted by Crippen LogP contribution is -2.31. The molecule has 1 N–H and O–H groups in total. The lowest BCUT2D eigenvalue weighted by atomic mass is 10.1. The summed E-state index contributed by atoms with van der Waals surface area (Å²) in [4.78, 5) is 38.2. The van der Waals surface area contributed by atoms with Gasteiger partial charge in [0.15, 0.2) is 5.76 Å². The standard InChI is InChI=1S/C20H20N4O5/c25-17(13-24-20(27)29-18(22-24)16-4-3-11-28-16)21-12-14-5-7-15(8-6-14)19(26)23-9-1-2-10-23/h3-8,11H,1-2,9-10,12-13H2,(H,21,25). The zero-order valence-corrected chi connectivity index (χ0v) is 15.7. The van der Waals surface area contributed by atoms with Crippen LogP contribution in [0.1, 0.15) is 28.8 Å². The van der Waals surface area contributed by atoms with E-state index in [0.29, 0.717) is 11.3 Å². The smallest absolute Gasteiger partial charge is 0.437 e. The molecule has 3 aromatic rings. The monoisotopic (exact) mass is 396 g/mol. The van der Waals surface area contributed by atoms with Gasteiger partial charge in [-0.15, -0.1) is 5.10 Å². The third-order valence-electron chi connectivity index (χ3n) is 4.72. The molecule has 9 nitrogen and oxygen atoms in total. The van der Waals surface area contributed by atoms with Gasteiger partial charge in [-0.3, -0.25) is 9.59 Å². The van der Waals surface area contributed by atoms with Crippen LogP contribution >= 0.6 is 0 Å². The first-order valence-electron chi connectivity index (χ1n) is 9.37. The van der Waals surface area contributed by atoms with Gasteiger partial charge in [0.25, 0.3) is 11.8 Å². The number of hydrogen-bond donors (Lipinski definition) is 1. The van der Waals surface area contributed by atoms with Gasteiger partial charge in [0.1, 0.15) is 6.54 Å². The summed E-state index contributed by atoms with van der Waals surface area (Å²) in [6, 6.07) is 10.4. The molecule has 1 aliphatic heterocycles. The number of nitrogens with one attached hydrogen (secondary N) is 1. The SMILES string of the molecule is O=C(Cn1nc(-c2ccco2)oc1=O)NCc1ccc(C(=O)N2CCCC2)cc1. The maximum atomic E-state index is 12.3. The average Bonchev–Trinajstić information content (AvgIpc) is 3.49. The van der Waals surface area contributed by atoms with Crippen molar-refractivity contribution in [3.8, 4) is 11.7 Å². The van der Waals surface area contributed by atoms with Gasteiger partial charge in [-0.05, 0) is 42.7 Å². The van der Waals surface area contributed by atoms with Gasteiger partial charge < -0.3 is 19.1 Å². The van der Waals surface area contributed by atoms with Crippen molar-refractivity contribution in [3.63, 3.8) is 0 Å². The van der Waals surface area contributed by atoms with Gasteiger partial charge in [0.05, 0.1) is 6.26 Å². The van der Waals surface area contributed by atoms with Crippen molar-refractivity contribution < 1.29 is 18.4 Å². The zero-order valence-electron chi connectivity index (χ0n) is 15.7. The molecule has 0 unspecified atom stereocenters. The van der Waals surface area contributed by atoms with E-state index in [1.54, 1.807) is 36.4 Å². The normalized spacial score (nSPS) is 13.6. The molecule has 9 heteroatoms. The highest BCUT2D eigenvalue weighted by molar-refractivity contribution is 5.94. The van der Waals surface area contributed by atoms with Gasteiger partial charge in [0, 0.05) is 25.2 Å². The van der Waals surface area contributed by atoms with Crippen LogP contribution in [-0.4, -0.2) is 39.6 Å². The fourth-order valence-corrected chi connectivity index (χ4v) is 3.17. The number of likely N-dealkylation sites (tertiary alicyclic amines) is 1. The van der Waals surface area contributed by atoms with E-state index in [0.717, 1.165) is 36.2 Å². The fraction of sp³-hybridized carbons (Fsp3) is 0.300. The van der Waals surface area contributed by atoms with Crippen LogP contribution in [0.3, 0.4) is 0 Å². The Hall–Kier alpha value is -3.62. The van der Waals surface area contributed by atoms with Crippen molar-refractivity contribution >= 4 is 11.8 Å². The summed E-state index contributed by atoms with van der Waals surface area (Å²) in [7, 11) is 0. The van der Waals surface area contributed by atoms with Crippen LogP contribution in [-0.2, 0) is 17.9 Å². The summed E-state index contributed by atoms with van der Waals surface area (Å²) in [6.07, 6.45) is 3.53. The van der Waals surface area contributed by atoms with Crippen molar-refractivity contribution in [3.05, 3.63) is 64.3 Å². The van der Waals surface area contributed by atoms with Gasteiger partial charge in [-0.25, -0.2) is 4.79 Å². The first kappa shape index (κ1) is 18.7. The zero-order chi connectivity index (χ0) is 20.2. The summed E-state index contributed by atoms with van der Waals surface area (Å²) in [6.45, 7) is 1.61. The highest BCUT2D eigenvalue weighted by Crippen LogP contribution is 2.15. The minimum atomic E-state index is -0.740. The van der Waals surface area contributed by atoms with E-state index in [4.69, 9.17) is 8.83 Å². The van der Waals surface area contributed by atoms with E-state index in [2.05, 4.69) is 10.4 Å². The minimum Gasteiger partial charge on any atom is -0.459 e. The Balaban J connectivity index is 1.32. The van der Waals surface area contributed by atoms with Crippen molar-refractivity contribution in [2.75, 3.05) is 13.1 Å². The Bertz CT molecular complexity index is 1040. The molecule has 1 saturated heterocycles. The van der Waals surface area contributed by atoms with Gasteiger partial charge in [-0.2, -0.15) is 4.68 Å². The number of carbonyl (C=O) groups is 2. The second kappa shape index (κ2) is 8.17. The Morgan fingerprint density at radius 3 is 2.55 bits per heavy atom. The minimum absolute atomic E-state index is 0.0195. The third kappa shape index (κ3) is 4.29. The number of rotatable bonds is 6. The Morgan fingerprint density at radius 2 is 1.86 bits per heavy atom. The number of nitrogens with zero attached hydrogens (tertiary/aromatic N) is 3. The Morgan fingerprint density at radius 1 is 1.10 bits per heavy atom. The molecule has 0 radical (unpaired) electrons. The molecular weight excluding hydrogens is 376 g/mol. The molecule has 1 aliphatic rings. The summed E-state index contributed by atoms with van der Waals surface area (Å²) >= 11 is 0. The summed E-state index contributed by atoms with van der Waals surface area (Å²) in [5.41, 5.74) is 1.49. The van der Waals surface area contributed by atoms with E-state index in [1.807, 2.05) is 4.90 Å². The van der Waals surface area contributed by atoms with Crippen LogP contribution in [0.4, 0.5) is 0 Å². The van der Waals surface area contributed by atoms with Crippen LogP contribution in [0.2, 0.25) is 0 Å². The highest BCUT2D eigenvalue weighted by Gasteiger charge is 2.19. The third-order valence-corrected chi connectivity index (χ3v) is 4.72. The molecule has 2 aromatic heterocycles. The second-order valence-electron chi connectivity index (χ2n) is 6.78. The molecule has 3 heterocycles. The van der Waals surface area contributed by atoms with Crippen molar-refractivity contribution in [2.45, 2.75) is 25.9 Å². The molecule has 29 heavy (non-hydrogen) atoms. The maximum Gasteiger partial charge on any atom is 0.437 e. The average molecular weight is 396 g/mol. The molecule has 0 atom stereocenters. The molecule has 1 aromatic carbocycles. The van der Waals surface area contributed by atoms with E-state index < -0.39 is 5.76 Å². The Labute approximate surface area is 165 Å². The number of amides is 2. The second-order valence-corrected chi connectivity index (χ2v) is 6.78. The molecule has 1 fully saturated rings. The number of hydrogen-bond acceptors (Lipinski definition) is 6. The van der Waals surface area contributed by atoms with Crippen molar-refractivity contribution in [1.29, 1.82) is 0 Å². The van der Waals surface area contributed by atoms with Crippen LogP contribution < -0.4 is 11.1 Å². The molecule has 0 saturated carbocycles. The van der Waals surface area contributed by atoms with Crippen LogP contribution in [0.25, 0.3) is 11.7 Å². The van der Waals surface area contributed by atoms with E-state index in [-0.39, 0.29) is 30.8 Å². The molecular formula is C20H20N4O5. The van der Waals surface area contributed by atoms with Crippen LogP contribution in [0, 0.1) is 0 Å². The number of benzene rings is 1. The summed E-state index contributed by atoms with van der Waals surface area (Å²) in [5, 5.41) is 6.68. The molecule has 2 amide bonds. The Kier molecular flexibility index (Phi) is 5.28. The van der Waals surface area contributed by atoms with Crippen molar-refractivity contribution in [2.24, 2.45) is 0 Å². The number of aromatic nitrogens is 2. The van der Waals surface area contributed by atoms with Gasteiger partial charge in [0.2, 0.25) is 5.91 Å². The topological polar surface area (TPSA) is 111 Å². The van der Waals surface area contributed by atoms with Gasteiger partial charge in [-0.1, -0.05) is 12.1 Å². The number of carbonyl (C=O) groups excluding carboxylic acids is 2. The predicted molar refractivity (Wildman–Crippen MR) is 102 cm³/mol. The largest absolute Gasteiger partial charge is 0.459 e. The van der Waals surface area contributed by atoms with E-state index in [1.165, 1.54) is 6.26 Å². The van der Waals surface area contributed by atoms with Crippen LogP contribution in [0.15, 0.2) is 56.3 Å². The van der Waals surface area contributed by atoms with Crippen molar-refractivity contribution in [1.82, 2.24) is 20.0 Å². The lowest BCUT2D eigenvalue weighted by Gasteiger charge is -2.15. The van der Waals surface area contributed by atoms with E-state index >= 15 is 0 Å². The highest BCUT2D eigenvalue weighted by atomic mass is 16.4. The first-order valence-corrected chi connectivity index (χ1v) is 9.37. The van der Waals surface area contributed by atoms with Crippen LogP contribution in [0.5, 0.6) is 0 Å². The fourth-order valence-electron chi connectivity index (χ4n) is 3.17. The summed E-state index contributed by atoms with van der Waals surface area (Å²) < 4.78 is 11.0. The van der Waals surface area contributed by atoms with E-state index in [9.17, 15) is 14.4 Å². The maximum absolute atomic E-state index is 12.3. The molecule has 0 aliphatic carbocycles. The first-order chi connectivity index (χ1) is 14.1. The molecule has 0 spiro atoms. The molecule has 4 rings (SSSR count). The lowest BCUT2D eigenvalue weighted by molar-refractivity contribution is -0.122. The number of furan rings is 1.